The lowest BCUT2D eigenvalue weighted by molar-refractivity contribution is -0.161. The van der Waals surface area contributed by atoms with Gasteiger partial charge in [-0.3, -0.25) is 37.3 Å². The van der Waals surface area contributed by atoms with Gasteiger partial charge in [0.05, 0.1) is 26.4 Å². The van der Waals surface area contributed by atoms with Crippen molar-refractivity contribution in [2.24, 2.45) is 11.8 Å². The van der Waals surface area contributed by atoms with Gasteiger partial charge in [-0.05, 0) is 37.5 Å². The summed E-state index contributed by atoms with van der Waals surface area (Å²) < 4.78 is 68.1. The molecule has 0 spiro atoms. The molecule has 0 aromatic carbocycles. The van der Waals surface area contributed by atoms with E-state index in [1.807, 2.05) is 0 Å². The summed E-state index contributed by atoms with van der Waals surface area (Å²) >= 11 is 0. The van der Waals surface area contributed by atoms with Crippen molar-refractivity contribution in [3.8, 4) is 0 Å². The summed E-state index contributed by atoms with van der Waals surface area (Å²) in [7, 11) is -9.89. The quantitative estimate of drug-likeness (QED) is 0.0222. The van der Waals surface area contributed by atoms with Crippen molar-refractivity contribution in [3.63, 3.8) is 0 Å². The molecule has 3 N–H and O–H groups in total. The maximum absolute atomic E-state index is 13.0. The van der Waals surface area contributed by atoms with Gasteiger partial charge in [-0.2, -0.15) is 0 Å². The largest absolute Gasteiger partial charge is 0.472 e. The van der Waals surface area contributed by atoms with Crippen LogP contribution in [0.2, 0.25) is 0 Å². The minimum Gasteiger partial charge on any atom is -0.462 e. The number of carbonyl (C=O) groups excluding carboxylic acids is 4. The van der Waals surface area contributed by atoms with Gasteiger partial charge >= 0.3 is 39.5 Å². The molecule has 0 saturated carbocycles. The van der Waals surface area contributed by atoms with Gasteiger partial charge in [-0.1, -0.05) is 292 Å². The molecule has 0 rings (SSSR count). The minimum absolute atomic E-state index is 0.103. The lowest BCUT2D eigenvalue weighted by Crippen LogP contribution is -2.30. The van der Waals surface area contributed by atoms with Crippen LogP contribution in [0.25, 0.3) is 0 Å². The van der Waals surface area contributed by atoms with Crippen LogP contribution in [0.1, 0.15) is 343 Å². The Morgan fingerprint density at radius 2 is 0.552 bits per heavy atom. The molecule has 17 nitrogen and oxygen atoms in total. The average molecular weight is 1280 g/mol. The Morgan fingerprint density at radius 3 is 0.816 bits per heavy atom. The van der Waals surface area contributed by atoms with Crippen molar-refractivity contribution < 1.29 is 80.2 Å². The normalized spacial score (nSPS) is 14.8. The fourth-order valence-corrected chi connectivity index (χ4v) is 11.8. The number of aliphatic hydroxyl groups is 1. The Kier molecular flexibility index (Phi) is 59.0. The molecular weight excluding hydrogens is 1150 g/mol. The molecule has 0 aliphatic rings. The summed E-state index contributed by atoms with van der Waals surface area (Å²) in [5.41, 5.74) is 0. The first-order valence-electron chi connectivity index (χ1n) is 35.6. The number of esters is 4. The Labute approximate surface area is 530 Å². The smallest absolute Gasteiger partial charge is 0.462 e. The van der Waals surface area contributed by atoms with Gasteiger partial charge in [0.2, 0.25) is 0 Å². The second-order valence-corrected chi connectivity index (χ2v) is 28.0. The third kappa shape index (κ3) is 60.1. The van der Waals surface area contributed by atoms with Crippen LogP contribution >= 0.6 is 15.6 Å². The fraction of sp³-hybridized carbons (Fsp3) is 0.941. The van der Waals surface area contributed by atoms with Crippen LogP contribution in [0.5, 0.6) is 0 Å². The number of phosphoric acid groups is 2. The highest BCUT2D eigenvalue weighted by atomic mass is 31.2. The van der Waals surface area contributed by atoms with Gasteiger partial charge in [0.25, 0.3) is 0 Å². The molecule has 0 saturated heterocycles. The van der Waals surface area contributed by atoms with E-state index < -0.39 is 97.5 Å². The molecule has 0 bridgehead atoms. The van der Waals surface area contributed by atoms with Crippen LogP contribution in [-0.2, 0) is 65.4 Å². The third-order valence-electron chi connectivity index (χ3n) is 16.4. The van der Waals surface area contributed by atoms with E-state index in [0.717, 1.165) is 115 Å². The second-order valence-electron chi connectivity index (χ2n) is 25.0. The van der Waals surface area contributed by atoms with Gasteiger partial charge < -0.3 is 33.8 Å². The predicted molar refractivity (Wildman–Crippen MR) is 349 cm³/mol. The molecule has 516 valence electrons. The van der Waals surface area contributed by atoms with Crippen molar-refractivity contribution in [1.29, 1.82) is 0 Å². The Bertz CT molecular complexity index is 1700. The van der Waals surface area contributed by atoms with E-state index >= 15 is 0 Å². The van der Waals surface area contributed by atoms with Gasteiger partial charge in [-0.15, -0.1) is 0 Å². The molecule has 0 aliphatic heterocycles. The van der Waals surface area contributed by atoms with Crippen LogP contribution < -0.4 is 0 Å². The lowest BCUT2D eigenvalue weighted by Gasteiger charge is -2.21. The average Bonchev–Trinajstić information content (AvgIpc) is 3.65. The van der Waals surface area contributed by atoms with Crippen LogP contribution in [0.3, 0.4) is 0 Å². The van der Waals surface area contributed by atoms with E-state index in [2.05, 4.69) is 41.5 Å². The highest BCUT2D eigenvalue weighted by Crippen LogP contribution is 2.45. The summed E-state index contributed by atoms with van der Waals surface area (Å²) in [6.45, 7) is 9.47. The van der Waals surface area contributed by atoms with Gasteiger partial charge in [0.1, 0.15) is 19.3 Å². The first-order chi connectivity index (χ1) is 41.9. The van der Waals surface area contributed by atoms with Gasteiger partial charge in [0, 0.05) is 25.7 Å². The standard InChI is InChI=1S/C68H132O17P2/c1-7-11-13-15-17-18-19-20-21-22-23-24-29-33-40-46-52-67(72)84-63(57-79-66(71)51-45-39-32-28-26-25-27-31-36-42-48-60(5)9-3)58-82-86(74,75)80-54-62(69)55-81-87(76,77)83-59-64(56-78-65(70)50-44-38-30-16-14-12-8-2)85-68(73)53-47-41-35-34-37-43-49-61(6)10-4/h60-64,69H,7-59H2,1-6H3,(H,74,75)(H,76,77)/t60?,61?,62-,63-,64-/m1/s1. The number of rotatable bonds is 67. The van der Waals surface area contributed by atoms with Crippen LogP contribution in [0.4, 0.5) is 0 Å². The lowest BCUT2D eigenvalue weighted by atomic mass is 9.99. The first kappa shape index (κ1) is 85.1. The molecule has 87 heavy (non-hydrogen) atoms. The van der Waals surface area contributed by atoms with E-state index in [0.29, 0.717) is 25.7 Å². The monoisotopic (exact) mass is 1280 g/mol. The molecule has 4 unspecified atom stereocenters. The zero-order valence-electron chi connectivity index (χ0n) is 56.3. The fourth-order valence-electron chi connectivity index (χ4n) is 10.2. The molecule has 19 heteroatoms. The molecule has 0 amide bonds. The van der Waals surface area contributed by atoms with Gasteiger partial charge in [-0.25, -0.2) is 9.13 Å². The highest BCUT2D eigenvalue weighted by molar-refractivity contribution is 7.47. The Hall–Kier alpha value is -1.94. The number of unbranched alkanes of at least 4 members (excludes halogenated alkanes) is 35. The SMILES string of the molecule is CCCCCCCCCCCCCCCCCCC(=O)O[C@H](COC(=O)CCCCCCCCCCCCC(C)CC)COP(=O)(O)OC[C@@H](O)COP(=O)(O)OC[C@@H](COC(=O)CCCCCCCCC)OC(=O)CCCCCCCCC(C)CC. The molecule has 0 aromatic rings. The van der Waals surface area contributed by atoms with E-state index in [9.17, 15) is 43.2 Å². The molecule has 0 aromatic heterocycles. The Balaban J connectivity index is 5.22. The van der Waals surface area contributed by atoms with Crippen molar-refractivity contribution >= 4 is 39.5 Å². The summed E-state index contributed by atoms with van der Waals surface area (Å²) in [5, 5.41) is 10.6. The Morgan fingerprint density at radius 1 is 0.322 bits per heavy atom. The van der Waals surface area contributed by atoms with Gasteiger partial charge in [0.15, 0.2) is 12.2 Å². The highest BCUT2D eigenvalue weighted by Gasteiger charge is 2.30. The van der Waals surface area contributed by atoms with E-state index in [4.69, 9.17) is 37.0 Å². The molecule has 0 aliphatic carbocycles. The maximum Gasteiger partial charge on any atom is 0.472 e. The zero-order chi connectivity index (χ0) is 64.3. The second kappa shape index (κ2) is 60.3. The van der Waals surface area contributed by atoms with E-state index in [1.54, 1.807) is 0 Å². The van der Waals surface area contributed by atoms with E-state index in [-0.39, 0.29) is 25.7 Å². The number of ether oxygens (including phenoxy) is 4. The van der Waals surface area contributed by atoms with E-state index in [1.165, 1.54) is 148 Å². The molecular formula is C68H132O17P2. The molecule has 0 fully saturated rings. The molecule has 7 atom stereocenters. The topological polar surface area (TPSA) is 237 Å². The molecule has 0 radical (unpaired) electrons. The summed E-state index contributed by atoms with van der Waals surface area (Å²) in [6.07, 6.45) is 44.5. The predicted octanol–water partition coefficient (Wildman–Crippen LogP) is 19.2. The van der Waals surface area contributed by atoms with Crippen LogP contribution in [-0.4, -0.2) is 96.7 Å². The first-order valence-corrected chi connectivity index (χ1v) is 38.6. The summed E-state index contributed by atoms with van der Waals surface area (Å²) in [5.74, 6) is -0.603. The van der Waals surface area contributed by atoms with Crippen molar-refractivity contribution in [2.45, 2.75) is 362 Å². The van der Waals surface area contributed by atoms with Crippen LogP contribution in [0, 0.1) is 11.8 Å². The maximum atomic E-state index is 13.0. The number of carbonyl (C=O) groups is 4. The van der Waals surface area contributed by atoms with Crippen LogP contribution in [0.15, 0.2) is 0 Å². The summed E-state index contributed by atoms with van der Waals surface area (Å²) in [4.78, 5) is 72.3. The number of hydrogen-bond donors (Lipinski definition) is 3. The summed E-state index contributed by atoms with van der Waals surface area (Å²) in [6, 6.07) is 0. The zero-order valence-corrected chi connectivity index (χ0v) is 58.1. The third-order valence-corrected chi connectivity index (χ3v) is 18.3. The number of hydrogen-bond acceptors (Lipinski definition) is 15. The molecule has 0 heterocycles. The number of phosphoric ester groups is 2. The minimum atomic E-state index is -4.95. The van der Waals surface area contributed by atoms with Crippen molar-refractivity contribution in [1.82, 2.24) is 0 Å². The van der Waals surface area contributed by atoms with Crippen molar-refractivity contribution in [2.75, 3.05) is 39.6 Å². The van der Waals surface area contributed by atoms with Crippen molar-refractivity contribution in [3.05, 3.63) is 0 Å². The number of aliphatic hydroxyl groups excluding tert-OH is 1.